The maximum Gasteiger partial charge on any atom is 0.314 e. The lowest BCUT2D eigenvalue weighted by Gasteiger charge is -2.45. The third-order valence-electron chi connectivity index (χ3n) is 9.02. The van der Waals surface area contributed by atoms with Crippen LogP contribution in [-0.4, -0.2) is 31.6 Å². The van der Waals surface area contributed by atoms with Gasteiger partial charge in [-0.1, -0.05) is 119 Å². The highest BCUT2D eigenvalue weighted by Gasteiger charge is 2.58. The number of benzene rings is 5. The minimum absolute atomic E-state index is 0.128. The number of halogens is 1. The number of thioether (sulfide) groups is 1. The summed E-state index contributed by atoms with van der Waals surface area (Å²) in [5.74, 6) is -0.561. The van der Waals surface area contributed by atoms with Gasteiger partial charge in [0.1, 0.15) is 5.75 Å². The van der Waals surface area contributed by atoms with Crippen molar-refractivity contribution in [2.45, 2.75) is 18.3 Å². The van der Waals surface area contributed by atoms with E-state index in [1.807, 2.05) is 94.6 Å². The van der Waals surface area contributed by atoms with Crippen LogP contribution in [0.1, 0.15) is 29.2 Å². The van der Waals surface area contributed by atoms with Crippen LogP contribution in [0.4, 0.5) is 4.79 Å². The Hall–Kier alpha value is -5.38. The number of rotatable bonds is 5. The van der Waals surface area contributed by atoms with E-state index in [1.165, 1.54) is 0 Å². The highest BCUT2D eigenvalue weighted by atomic mass is 79.9. The highest BCUT2D eigenvalue weighted by molar-refractivity contribution is 9.10. The maximum absolute atomic E-state index is 13.2. The molecule has 0 radical (unpaired) electrons. The minimum Gasteiger partial charge on any atom is -0.444 e. The zero-order chi connectivity index (χ0) is 33.0. The first-order valence-electron chi connectivity index (χ1n) is 16.0. The summed E-state index contributed by atoms with van der Waals surface area (Å²) in [5.41, 5.74) is 8.90. The summed E-state index contributed by atoms with van der Waals surface area (Å²) < 4.78 is 9.70. The Labute approximate surface area is 296 Å². The number of ether oxygens (including phenoxy) is 1. The molecule has 3 aliphatic rings. The molecule has 5 aromatic carbocycles. The van der Waals surface area contributed by atoms with Crippen LogP contribution < -0.4 is 10.1 Å². The summed E-state index contributed by atoms with van der Waals surface area (Å²) in [4.78, 5) is 13.9. The SMILES string of the molecule is O=C1NC2(Oc3ccc(Br)cc3C3CC(c4ccccc4)=NN32)C(=Cc2ccc(-n3nc(-c4ccccc4)cc3-c3ccccc3)cc2)S1. The smallest absolute Gasteiger partial charge is 0.314 e. The van der Waals surface area contributed by atoms with Crippen molar-refractivity contribution in [3.8, 4) is 34.0 Å². The molecule has 0 saturated carbocycles. The second kappa shape index (κ2) is 11.9. The molecule has 1 fully saturated rings. The first-order chi connectivity index (χ1) is 24.0. The molecule has 2 atom stereocenters. The van der Waals surface area contributed by atoms with Crippen molar-refractivity contribution in [2.24, 2.45) is 5.10 Å². The lowest BCUT2D eigenvalue weighted by molar-refractivity contribution is -0.0949. The topological polar surface area (TPSA) is 71.8 Å². The number of hydrogen-bond acceptors (Lipinski definition) is 6. The van der Waals surface area contributed by atoms with Crippen LogP contribution in [0.2, 0.25) is 0 Å². The predicted molar refractivity (Wildman–Crippen MR) is 198 cm³/mol. The van der Waals surface area contributed by atoms with Crippen LogP contribution in [0, 0.1) is 0 Å². The van der Waals surface area contributed by atoms with Gasteiger partial charge in [-0.2, -0.15) is 10.2 Å². The van der Waals surface area contributed by atoms with Gasteiger partial charge < -0.3 is 4.74 Å². The molecule has 4 heterocycles. The second-order valence-electron chi connectivity index (χ2n) is 12.1. The third kappa shape index (κ3) is 5.26. The van der Waals surface area contributed by atoms with Gasteiger partial charge in [0.15, 0.2) is 0 Å². The number of amides is 1. The van der Waals surface area contributed by atoms with Gasteiger partial charge in [-0.3, -0.25) is 10.1 Å². The molecule has 238 valence electrons. The molecule has 49 heavy (non-hydrogen) atoms. The number of aromatic nitrogens is 2. The van der Waals surface area contributed by atoms with Gasteiger partial charge in [0.05, 0.1) is 33.7 Å². The quantitative estimate of drug-likeness (QED) is 0.192. The van der Waals surface area contributed by atoms with Crippen molar-refractivity contribution in [3.63, 3.8) is 0 Å². The molecule has 9 heteroatoms. The van der Waals surface area contributed by atoms with Crippen molar-refractivity contribution in [1.29, 1.82) is 0 Å². The Balaban J connectivity index is 1.11. The molecule has 1 spiro atoms. The van der Waals surface area contributed by atoms with Crippen LogP contribution in [0.25, 0.3) is 34.3 Å². The van der Waals surface area contributed by atoms with E-state index >= 15 is 0 Å². The molecular formula is C40H28BrN5O2S. The predicted octanol–water partition coefficient (Wildman–Crippen LogP) is 9.66. The fraction of sp³-hybridized carbons (Fsp3) is 0.0750. The molecule has 7 nitrogen and oxygen atoms in total. The zero-order valence-electron chi connectivity index (χ0n) is 26.0. The zero-order valence-corrected chi connectivity index (χ0v) is 28.4. The molecule has 1 aromatic heterocycles. The lowest BCUT2D eigenvalue weighted by Crippen LogP contribution is -2.61. The summed E-state index contributed by atoms with van der Waals surface area (Å²) in [6.07, 6.45) is 2.69. The lowest BCUT2D eigenvalue weighted by atomic mass is 9.95. The number of hydrazone groups is 1. The molecule has 3 aliphatic heterocycles. The number of carbonyl (C=O) groups excluding carboxylic acids is 1. The van der Waals surface area contributed by atoms with Crippen molar-refractivity contribution in [3.05, 3.63) is 166 Å². The van der Waals surface area contributed by atoms with Gasteiger partial charge in [-0.25, -0.2) is 9.69 Å². The monoisotopic (exact) mass is 721 g/mol. The number of nitrogens with one attached hydrogen (secondary N) is 1. The van der Waals surface area contributed by atoms with Crippen molar-refractivity contribution in [2.75, 3.05) is 0 Å². The second-order valence-corrected chi connectivity index (χ2v) is 14.0. The van der Waals surface area contributed by atoms with E-state index in [0.29, 0.717) is 6.42 Å². The van der Waals surface area contributed by atoms with E-state index in [9.17, 15) is 4.79 Å². The normalized spacial score (nSPS) is 20.1. The largest absolute Gasteiger partial charge is 0.444 e. The molecule has 1 amide bonds. The van der Waals surface area contributed by atoms with Crippen LogP contribution in [0.3, 0.4) is 0 Å². The Morgan fingerprint density at radius 2 is 1.49 bits per heavy atom. The molecule has 2 unspecified atom stereocenters. The average Bonchev–Trinajstić information content (AvgIpc) is 3.87. The summed E-state index contributed by atoms with van der Waals surface area (Å²) in [6.45, 7) is 0. The third-order valence-corrected chi connectivity index (χ3v) is 10.4. The Morgan fingerprint density at radius 1 is 0.816 bits per heavy atom. The number of carbonyl (C=O) groups is 1. The maximum atomic E-state index is 13.2. The Bertz CT molecular complexity index is 2270. The summed E-state index contributed by atoms with van der Waals surface area (Å²) in [7, 11) is 0. The molecule has 1 saturated heterocycles. The van der Waals surface area contributed by atoms with Crippen LogP contribution in [0.15, 0.2) is 154 Å². The van der Waals surface area contributed by atoms with Gasteiger partial charge in [0, 0.05) is 27.6 Å². The highest BCUT2D eigenvalue weighted by Crippen LogP contribution is 2.53. The fourth-order valence-corrected chi connectivity index (χ4v) is 7.99. The van der Waals surface area contributed by atoms with Crippen molar-refractivity contribution >= 4 is 44.7 Å². The molecule has 0 bridgehead atoms. The van der Waals surface area contributed by atoms with Gasteiger partial charge in [-0.05, 0) is 65.4 Å². The van der Waals surface area contributed by atoms with E-state index in [-0.39, 0.29) is 11.3 Å². The minimum atomic E-state index is -1.28. The van der Waals surface area contributed by atoms with Crippen molar-refractivity contribution in [1.82, 2.24) is 20.1 Å². The Morgan fingerprint density at radius 3 is 2.20 bits per heavy atom. The summed E-state index contributed by atoms with van der Waals surface area (Å²) in [6, 6.07) is 46.9. The summed E-state index contributed by atoms with van der Waals surface area (Å²) in [5, 5.41) is 15.0. The van der Waals surface area contributed by atoms with Gasteiger partial charge in [-0.15, -0.1) is 0 Å². The number of nitrogens with zero attached hydrogens (tertiary/aromatic N) is 4. The van der Waals surface area contributed by atoms with Crippen LogP contribution in [0.5, 0.6) is 5.75 Å². The molecular weight excluding hydrogens is 694 g/mol. The van der Waals surface area contributed by atoms with E-state index < -0.39 is 5.85 Å². The number of hydrogen-bond donors (Lipinski definition) is 1. The Kier molecular flexibility index (Phi) is 7.25. The molecule has 0 aliphatic carbocycles. The van der Waals surface area contributed by atoms with Gasteiger partial charge in [0.2, 0.25) is 0 Å². The summed E-state index contributed by atoms with van der Waals surface area (Å²) >= 11 is 4.78. The van der Waals surface area contributed by atoms with E-state index in [2.05, 4.69) is 81.9 Å². The molecule has 9 rings (SSSR count). The fourth-order valence-electron chi connectivity index (χ4n) is 6.70. The van der Waals surface area contributed by atoms with E-state index in [0.717, 1.165) is 77.5 Å². The average molecular weight is 723 g/mol. The van der Waals surface area contributed by atoms with E-state index in [4.69, 9.17) is 14.9 Å². The first kappa shape index (κ1) is 29.7. The van der Waals surface area contributed by atoms with Crippen LogP contribution in [-0.2, 0) is 0 Å². The van der Waals surface area contributed by atoms with E-state index in [1.54, 1.807) is 0 Å². The first-order valence-corrected chi connectivity index (χ1v) is 17.6. The molecule has 6 aromatic rings. The van der Waals surface area contributed by atoms with Gasteiger partial charge >= 0.3 is 5.85 Å². The van der Waals surface area contributed by atoms with Crippen LogP contribution >= 0.6 is 27.7 Å². The number of fused-ring (bicyclic) bond motifs is 4. The standard InChI is InChI=1S/C40H28BrN5O2S/c41-30-18-21-37-32(23-30)36-25-34(28-12-6-2-7-13-28)44-46(36)40(48-37)38(49-39(47)42-40)22-26-16-19-31(20-17-26)45-35(29-14-8-3-9-15-29)24-33(43-45)27-10-4-1-5-11-27/h1-24,36H,25H2,(H,42,47). The molecule has 1 N–H and O–H groups in total. The van der Waals surface area contributed by atoms with Gasteiger partial charge in [0.25, 0.3) is 5.24 Å². The van der Waals surface area contributed by atoms with Crippen molar-refractivity contribution < 1.29 is 9.53 Å².